The first-order valence-corrected chi connectivity index (χ1v) is 6.05. The van der Waals surface area contributed by atoms with Crippen molar-refractivity contribution in [2.75, 3.05) is 25.6 Å². The molecule has 0 radical (unpaired) electrons. The van der Waals surface area contributed by atoms with Crippen LogP contribution in [0.5, 0.6) is 0 Å². The van der Waals surface area contributed by atoms with Gasteiger partial charge >= 0.3 is 0 Å². The number of benzene rings is 1. The third-order valence-electron chi connectivity index (χ3n) is 2.26. The first-order valence-electron chi connectivity index (χ1n) is 6.05. The van der Waals surface area contributed by atoms with E-state index < -0.39 is 0 Å². The van der Waals surface area contributed by atoms with Gasteiger partial charge < -0.3 is 15.7 Å². The van der Waals surface area contributed by atoms with Gasteiger partial charge in [-0.15, -0.1) is 24.8 Å². The molecule has 19 heavy (non-hydrogen) atoms. The van der Waals surface area contributed by atoms with E-state index in [4.69, 9.17) is 10.8 Å². The fourth-order valence-electron chi connectivity index (χ4n) is 1.66. The van der Waals surface area contributed by atoms with Crippen molar-refractivity contribution in [3.63, 3.8) is 0 Å². The molecule has 0 aliphatic carbocycles. The minimum atomic E-state index is 0. The van der Waals surface area contributed by atoms with Crippen LogP contribution < -0.4 is 10.6 Å². The average molecular weight is 311 g/mol. The van der Waals surface area contributed by atoms with Crippen LogP contribution in [-0.4, -0.2) is 31.9 Å². The summed E-state index contributed by atoms with van der Waals surface area (Å²) in [6.45, 7) is 6.09. The molecule has 1 atom stereocenters. The van der Waals surface area contributed by atoms with E-state index in [1.54, 1.807) is 6.92 Å². The van der Waals surface area contributed by atoms with Crippen LogP contribution in [0.3, 0.4) is 0 Å². The number of aliphatic hydroxyl groups is 1. The highest BCUT2D eigenvalue weighted by Crippen LogP contribution is 2.21. The van der Waals surface area contributed by atoms with E-state index in [-0.39, 0.29) is 37.5 Å². The van der Waals surface area contributed by atoms with Crippen molar-refractivity contribution >= 4 is 30.5 Å². The summed E-state index contributed by atoms with van der Waals surface area (Å²) in [6, 6.07) is 6.74. The van der Waals surface area contributed by atoms with Gasteiger partial charge in [0.15, 0.2) is 0 Å². The van der Waals surface area contributed by atoms with E-state index in [0.29, 0.717) is 0 Å². The van der Waals surface area contributed by atoms with Gasteiger partial charge in [-0.05, 0) is 38.8 Å². The van der Waals surface area contributed by atoms with Gasteiger partial charge in [-0.1, -0.05) is 17.7 Å². The van der Waals surface area contributed by atoms with Gasteiger partial charge in [-0.3, -0.25) is 0 Å². The number of hydrogen-bond acceptors (Lipinski definition) is 3. The number of nitrogens with zero attached hydrogens (tertiary/aromatic N) is 1. The van der Waals surface area contributed by atoms with E-state index in [1.807, 2.05) is 6.92 Å². The molecule has 0 bridgehead atoms. The predicted molar refractivity (Wildman–Crippen MR) is 90.1 cm³/mol. The number of aryl methyl sites for hydroxylation is 1. The summed E-state index contributed by atoms with van der Waals surface area (Å²) in [5.74, 6) is 0. The van der Waals surface area contributed by atoms with Crippen molar-refractivity contribution < 1.29 is 5.11 Å². The molecule has 0 aromatic heterocycles. The zero-order valence-corrected chi connectivity index (χ0v) is 14.1. The summed E-state index contributed by atoms with van der Waals surface area (Å²) in [4.78, 5) is 2.14. The highest BCUT2D eigenvalue weighted by Gasteiger charge is 2.06. The van der Waals surface area contributed by atoms with Gasteiger partial charge in [0.25, 0.3) is 0 Å². The van der Waals surface area contributed by atoms with Gasteiger partial charge in [0, 0.05) is 32.4 Å². The molecule has 0 aliphatic heterocycles. The second-order valence-corrected chi connectivity index (χ2v) is 4.52. The van der Waals surface area contributed by atoms with Gasteiger partial charge in [0.05, 0.1) is 0 Å². The van der Waals surface area contributed by atoms with Gasteiger partial charge in [-0.2, -0.15) is 0 Å². The van der Waals surface area contributed by atoms with E-state index in [9.17, 15) is 0 Å². The lowest BCUT2D eigenvalue weighted by Gasteiger charge is -2.19. The Labute approximate surface area is 130 Å². The number of halogens is 2. The van der Waals surface area contributed by atoms with Crippen LogP contribution in [0.1, 0.15) is 25.0 Å². The second kappa shape index (κ2) is 12.5. The molecule has 3 N–H and O–H groups in total. The molecular weight excluding hydrogens is 283 g/mol. The molecule has 114 valence electrons. The molecule has 1 unspecified atom stereocenters. The van der Waals surface area contributed by atoms with Crippen LogP contribution in [0.2, 0.25) is 0 Å². The van der Waals surface area contributed by atoms with Crippen molar-refractivity contribution in [1.29, 1.82) is 0 Å². The third kappa shape index (κ3) is 10.0. The van der Waals surface area contributed by atoms with Crippen molar-refractivity contribution in [1.82, 2.24) is 0 Å². The highest BCUT2D eigenvalue weighted by atomic mass is 35.5. The first-order chi connectivity index (χ1) is 7.92. The SMILES string of the molecule is CCO.Cc1ccc(N(C)C)c(CC(C)N)c1.Cl.Cl. The Kier molecular flexibility index (Phi) is 15.6. The van der Waals surface area contributed by atoms with Gasteiger partial charge in [0.1, 0.15) is 0 Å². The maximum absolute atomic E-state index is 7.57. The zero-order chi connectivity index (χ0) is 13.4. The van der Waals surface area contributed by atoms with E-state index >= 15 is 0 Å². The average Bonchev–Trinajstić information content (AvgIpc) is 2.17. The van der Waals surface area contributed by atoms with Crippen molar-refractivity contribution in [3.05, 3.63) is 29.3 Å². The summed E-state index contributed by atoms with van der Waals surface area (Å²) in [5, 5.41) is 7.57. The lowest BCUT2D eigenvalue weighted by Crippen LogP contribution is -2.20. The molecule has 0 spiro atoms. The van der Waals surface area contributed by atoms with Gasteiger partial charge in [-0.25, -0.2) is 0 Å². The number of hydrogen-bond donors (Lipinski definition) is 2. The summed E-state index contributed by atoms with van der Waals surface area (Å²) < 4.78 is 0. The van der Waals surface area contributed by atoms with E-state index in [0.717, 1.165) is 6.42 Å². The summed E-state index contributed by atoms with van der Waals surface area (Å²) >= 11 is 0. The zero-order valence-electron chi connectivity index (χ0n) is 12.5. The fourth-order valence-corrected chi connectivity index (χ4v) is 1.66. The normalized spacial score (nSPS) is 10.3. The topological polar surface area (TPSA) is 49.5 Å². The van der Waals surface area contributed by atoms with Crippen molar-refractivity contribution in [2.24, 2.45) is 5.73 Å². The lowest BCUT2D eigenvalue weighted by molar-refractivity contribution is 0.318. The minimum Gasteiger partial charge on any atom is -0.397 e. The highest BCUT2D eigenvalue weighted by molar-refractivity contribution is 5.85. The summed E-state index contributed by atoms with van der Waals surface area (Å²) in [5.41, 5.74) is 9.73. The van der Waals surface area contributed by atoms with Crippen LogP contribution >= 0.6 is 24.8 Å². The van der Waals surface area contributed by atoms with Crippen LogP contribution in [-0.2, 0) is 6.42 Å². The standard InChI is InChI=1S/C12H20N2.C2H6O.2ClH/c1-9-5-6-12(14(3)4)11(7-9)8-10(2)13;1-2-3;;/h5-7,10H,8,13H2,1-4H3;3H,2H2,1H3;2*1H. The first kappa shape index (κ1) is 23.6. The van der Waals surface area contributed by atoms with Crippen LogP contribution in [0.4, 0.5) is 5.69 Å². The summed E-state index contributed by atoms with van der Waals surface area (Å²) in [7, 11) is 4.13. The van der Waals surface area contributed by atoms with Crippen LogP contribution in [0.15, 0.2) is 18.2 Å². The minimum absolute atomic E-state index is 0. The van der Waals surface area contributed by atoms with Crippen LogP contribution in [0.25, 0.3) is 0 Å². The Hall–Kier alpha value is -0.480. The third-order valence-corrected chi connectivity index (χ3v) is 2.26. The Morgan fingerprint density at radius 3 is 2.11 bits per heavy atom. The predicted octanol–water partition coefficient (Wildman–Crippen LogP) is 2.79. The van der Waals surface area contributed by atoms with E-state index in [2.05, 4.69) is 44.1 Å². The quantitative estimate of drug-likeness (QED) is 0.902. The number of anilines is 1. The summed E-state index contributed by atoms with van der Waals surface area (Å²) in [6.07, 6.45) is 0.940. The van der Waals surface area contributed by atoms with E-state index in [1.165, 1.54) is 16.8 Å². The Balaban J connectivity index is -0.000000468. The Bertz CT molecular complexity index is 331. The maximum atomic E-state index is 7.57. The molecular formula is C14H28Cl2N2O. The number of aliphatic hydroxyl groups excluding tert-OH is 1. The Morgan fingerprint density at radius 1 is 1.26 bits per heavy atom. The molecule has 0 amide bonds. The Morgan fingerprint density at radius 2 is 1.74 bits per heavy atom. The molecule has 0 fully saturated rings. The molecule has 0 aliphatic rings. The molecule has 5 heteroatoms. The monoisotopic (exact) mass is 310 g/mol. The largest absolute Gasteiger partial charge is 0.397 e. The molecule has 1 aromatic carbocycles. The molecule has 0 heterocycles. The van der Waals surface area contributed by atoms with Crippen molar-refractivity contribution in [2.45, 2.75) is 33.2 Å². The lowest BCUT2D eigenvalue weighted by atomic mass is 10.0. The maximum Gasteiger partial charge on any atom is 0.0402 e. The van der Waals surface area contributed by atoms with Crippen LogP contribution in [0, 0.1) is 6.92 Å². The molecule has 1 aromatic rings. The molecule has 0 saturated carbocycles. The smallest absolute Gasteiger partial charge is 0.0402 e. The molecule has 3 nitrogen and oxygen atoms in total. The fraction of sp³-hybridized carbons (Fsp3) is 0.571. The molecule has 0 saturated heterocycles. The van der Waals surface area contributed by atoms with Gasteiger partial charge in [0.2, 0.25) is 0 Å². The number of nitrogens with two attached hydrogens (primary N) is 1. The molecule has 1 rings (SSSR count). The second-order valence-electron chi connectivity index (χ2n) is 4.52. The van der Waals surface area contributed by atoms with Crippen molar-refractivity contribution in [3.8, 4) is 0 Å². The number of rotatable bonds is 3.